The van der Waals surface area contributed by atoms with Crippen LogP contribution in [0.15, 0.2) is 243 Å². The zero-order valence-electron chi connectivity index (χ0n) is 37.9. The predicted molar refractivity (Wildman–Crippen MR) is 289 cm³/mol. The lowest BCUT2D eigenvalue weighted by molar-refractivity contribution is 1.07. The molecule has 1 aliphatic carbocycles. The van der Waals surface area contributed by atoms with Gasteiger partial charge in [-0.15, -0.1) is 0 Å². The highest BCUT2D eigenvalue weighted by Gasteiger charge is 2.25. The summed E-state index contributed by atoms with van der Waals surface area (Å²) in [5.41, 5.74) is 18.5. The molecule has 0 N–H and O–H groups in total. The number of fused-ring (bicyclic) bond motifs is 4. The minimum absolute atomic E-state index is 0.565. The second-order valence-corrected chi connectivity index (χ2v) is 17.7. The minimum Gasteiger partial charge on any atom is -0.237 e. The normalized spacial score (nSPS) is 11.4. The molecular formula is C66H40N4. The first-order valence-electron chi connectivity index (χ1n) is 23.5. The van der Waals surface area contributed by atoms with Crippen molar-refractivity contribution in [2.45, 2.75) is 0 Å². The lowest BCUT2D eigenvalue weighted by Crippen LogP contribution is -2.01. The van der Waals surface area contributed by atoms with Gasteiger partial charge in [0.2, 0.25) is 5.69 Å². The Morgan fingerprint density at radius 2 is 0.714 bits per heavy atom. The fourth-order valence-electron chi connectivity index (χ4n) is 10.4. The van der Waals surface area contributed by atoms with Crippen LogP contribution in [0.25, 0.3) is 138 Å². The summed E-state index contributed by atoms with van der Waals surface area (Å²) in [6.07, 6.45) is 0. The van der Waals surface area contributed by atoms with Gasteiger partial charge >= 0.3 is 0 Å². The number of para-hydroxylation sites is 1. The van der Waals surface area contributed by atoms with Crippen LogP contribution < -0.4 is 0 Å². The maximum absolute atomic E-state index is 8.74. The highest BCUT2D eigenvalue weighted by Crippen LogP contribution is 2.52. The molecule has 11 aromatic carbocycles. The van der Waals surface area contributed by atoms with E-state index < -0.39 is 0 Å². The highest BCUT2D eigenvalue weighted by molar-refractivity contribution is 6.18. The van der Waals surface area contributed by atoms with Gasteiger partial charge in [-0.1, -0.05) is 231 Å². The highest BCUT2D eigenvalue weighted by atomic mass is 15.0. The summed E-state index contributed by atoms with van der Waals surface area (Å²) in [5, 5.41) is 4.98. The molecule has 0 amide bonds. The lowest BCUT2D eigenvalue weighted by Gasteiger charge is -2.17. The lowest BCUT2D eigenvalue weighted by atomic mass is 9.88. The van der Waals surface area contributed by atoms with Crippen molar-refractivity contribution in [3.05, 3.63) is 254 Å². The molecule has 4 heteroatoms. The first-order chi connectivity index (χ1) is 34.7. The molecule has 0 unspecified atom stereocenters. The van der Waals surface area contributed by atoms with Gasteiger partial charge in [0.1, 0.15) is 0 Å². The maximum atomic E-state index is 8.74. The molecule has 0 atom stereocenters. The van der Waals surface area contributed by atoms with Crippen LogP contribution in [-0.4, -0.2) is 15.0 Å². The van der Waals surface area contributed by atoms with Crippen molar-refractivity contribution in [1.29, 1.82) is 0 Å². The SMILES string of the molecule is [C-]#[N+]c1c(-c2cccc(-c3cccc4c3-c3cccc5cccc-4c35)c2)cccc1-c1ccccc1-c1ccccc1-c1nc(-c2ccccc2)nc(-c2ccc(-c3ccc4ccccc4c3)cc2)n1. The van der Waals surface area contributed by atoms with E-state index in [0.717, 1.165) is 66.8 Å². The van der Waals surface area contributed by atoms with Crippen molar-refractivity contribution < 1.29 is 0 Å². The molecule has 0 spiro atoms. The van der Waals surface area contributed by atoms with Crippen molar-refractivity contribution >= 4 is 27.2 Å². The summed E-state index contributed by atoms with van der Waals surface area (Å²) in [5.74, 6) is 1.74. The fourth-order valence-corrected chi connectivity index (χ4v) is 10.4. The molecule has 0 bridgehead atoms. The molecule has 0 fully saturated rings. The third kappa shape index (κ3) is 6.96. The van der Waals surface area contributed by atoms with Gasteiger partial charge in [-0.3, -0.25) is 0 Å². The predicted octanol–water partition coefficient (Wildman–Crippen LogP) is 17.7. The molecule has 0 saturated heterocycles. The van der Waals surface area contributed by atoms with E-state index in [4.69, 9.17) is 21.5 Å². The van der Waals surface area contributed by atoms with Crippen LogP contribution in [0.5, 0.6) is 0 Å². The number of aromatic nitrogens is 3. The number of benzene rings is 11. The molecule has 1 aromatic heterocycles. The summed E-state index contributed by atoms with van der Waals surface area (Å²) in [7, 11) is 0. The average Bonchev–Trinajstić information content (AvgIpc) is 3.77. The van der Waals surface area contributed by atoms with Crippen LogP contribution in [0.3, 0.4) is 0 Å². The standard InChI is InChI=1S/C66H40N4/c1-67-63-52(50-23-11-22-49(41-50)51-28-14-31-57-56-30-12-20-44-21-13-33-60(61(44)56)62(51)57)29-15-32-58(63)54-25-8-7-24-53(54)55-26-9-10-27-59(55)66-69-64(45-17-3-2-4-18-45)68-65(70-66)46-37-34-43(35-38-46)48-39-36-42-16-5-6-19-47(42)40-48/h2-41H. The van der Waals surface area contributed by atoms with E-state index in [9.17, 15) is 0 Å². The molecular weight excluding hydrogens is 849 g/mol. The van der Waals surface area contributed by atoms with E-state index in [1.165, 1.54) is 49.4 Å². The van der Waals surface area contributed by atoms with Gasteiger partial charge < -0.3 is 0 Å². The van der Waals surface area contributed by atoms with Gasteiger partial charge in [0, 0.05) is 16.7 Å². The Bertz CT molecular complexity index is 4070. The second-order valence-electron chi connectivity index (χ2n) is 17.7. The summed E-state index contributed by atoms with van der Waals surface area (Å²) >= 11 is 0. The molecule has 12 aromatic rings. The summed E-state index contributed by atoms with van der Waals surface area (Å²) in [6, 6.07) is 84.9. The second kappa shape index (κ2) is 16.9. The first-order valence-corrected chi connectivity index (χ1v) is 23.5. The summed E-state index contributed by atoms with van der Waals surface area (Å²) in [4.78, 5) is 19.8. The van der Waals surface area contributed by atoms with Gasteiger partial charge in [0.25, 0.3) is 0 Å². The molecule has 1 heterocycles. The Hall–Kier alpha value is -9.56. The molecule has 0 radical (unpaired) electrons. The monoisotopic (exact) mass is 888 g/mol. The smallest absolute Gasteiger partial charge is 0.202 e. The van der Waals surface area contributed by atoms with E-state index in [0.29, 0.717) is 23.2 Å². The van der Waals surface area contributed by atoms with Gasteiger partial charge in [0.05, 0.1) is 6.57 Å². The average molecular weight is 889 g/mol. The third-order valence-electron chi connectivity index (χ3n) is 13.7. The summed E-state index contributed by atoms with van der Waals surface area (Å²) < 4.78 is 0. The molecule has 0 saturated carbocycles. The Labute approximate surface area is 406 Å². The van der Waals surface area contributed by atoms with E-state index in [1.54, 1.807) is 0 Å². The zero-order chi connectivity index (χ0) is 46.5. The quantitative estimate of drug-likeness (QED) is 0.143. The van der Waals surface area contributed by atoms with E-state index in [-0.39, 0.29) is 0 Å². The molecule has 1 aliphatic rings. The van der Waals surface area contributed by atoms with E-state index in [2.05, 4.69) is 205 Å². The van der Waals surface area contributed by atoms with Gasteiger partial charge in [0.15, 0.2) is 17.5 Å². The fraction of sp³-hybridized carbons (Fsp3) is 0. The Morgan fingerprint density at radius 1 is 0.257 bits per heavy atom. The topological polar surface area (TPSA) is 43.0 Å². The Balaban J connectivity index is 0.899. The zero-order valence-corrected chi connectivity index (χ0v) is 37.9. The van der Waals surface area contributed by atoms with Gasteiger partial charge in [-0.25, -0.2) is 19.8 Å². The molecule has 324 valence electrons. The van der Waals surface area contributed by atoms with Crippen molar-refractivity contribution in [3.8, 4) is 112 Å². The molecule has 4 nitrogen and oxygen atoms in total. The number of hydrogen-bond donors (Lipinski definition) is 0. The van der Waals surface area contributed by atoms with Gasteiger partial charge in [-0.05, 0) is 112 Å². The molecule has 0 aliphatic heterocycles. The van der Waals surface area contributed by atoms with Crippen molar-refractivity contribution in [3.63, 3.8) is 0 Å². The first kappa shape index (κ1) is 40.7. The Kier molecular flexibility index (Phi) is 9.85. The van der Waals surface area contributed by atoms with Crippen LogP contribution in [0, 0.1) is 6.57 Å². The van der Waals surface area contributed by atoms with Gasteiger partial charge in [-0.2, -0.15) is 0 Å². The molecule has 13 rings (SSSR count). The van der Waals surface area contributed by atoms with Crippen LogP contribution in [0.4, 0.5) is 5.69 Å². The molecule has 70 heavy (non-hydrogen) atoms. The van der Waals surface area contributed by atoms with E-state index in [1.807, 2.05) is 42.5 Å². The van der Waals surface area contributed by atoms with Crippen LogP contribution in [0.2, 0.25) is 0 Å². The summed E-state index contributed by atoms with van der Waals surface area (Å²) in [6.45, 7) is 8.74. The van der Waals surface area contributed by atoms with Crippen LogP contribution in [-0.2, 0) is 0 Å². The maximum Gasteiger partial charge on any atom is 0.202 e. The third-order valence-corrected chi connectivity index (χ3v) is 13.7. The van der Waals surface area contributed by atoms with Crippen molar-refractivity contribution in [1.82, 2.24) is 15.0 Å². The number of nitrogens with zero attached hydrogens (tertiary/aromatic N) is 4. The number of hydrogen-bond acceptors (Lipinski definition) is 3. The van der Waals surface area contributed by atoms with E-state index >= 15 is 0 Å². The minimum atomic E-state index is 0.565. The largest absolute Gasteiger partial charge is 0.237 e. The number of rotatable bonds is 8. The van der Waals surface area contributed by atoms with Crippen LogP contribution in [0.1, 0.15) is 0 Å². The Morgan fingerprint density at radius 3 is 1.46 bits per heavy atom. The van der Waals surface area contributed by atoms with Crippen molar-refractivity contribution in [2.75, 3.05) is 0 Å². The van der Waals surface area contributed by atoms with Crippen molar-refractivity contribution in [2.24, 2.45) is 0 Å². The van der Waals surface area contributed by atoms with Crippen LogP contribution >= 0.6 is 0 Å².